The average Bonchev–Trinajstić information content (AvgIpc) is 3.11. The van der Waals surface area contributed by atoms with Crippen molar-refractivity contribution >= 4 is 16.9 Å². The van der Waals surface area contributed by atoms with Crippen molar-refractivity contribution in [3.63, 3.8) is 0 Å². The first-order chi connectivity index (χ1) is 15.5. The van der Waals surface area contributed by atoms with Crippen LogP contribution in [0.3, 0.4) is 0 Å². The molecule has 0 radical (unpaired) electrons. The normalized spacial score (nSPS) is 15.5. The largest absolute Gasteiger partial charge is 0.497 e. The van der Waals surface area contributed by atoms with E-state index in [0.717, 1.165) is 18.7 Å². The van der Waals surface area contributed by atoms with E-state index in [4.69, 9.17) is 13.9 Å². The minimum absolute atomic E-state index is 0.108. The molecule has 0 N–H and O–H groups in total. The number of benzene rings is 2. The maximum absolute atomic E-state index is 13.6. The van der Waals surface area contributed by atoms with Gasteiger partial charge in [-0.1, -0.05) is 26.0 Å². The first kappa shape index (κ1) is 21.9. The summed E-state index contributed by atoms with van der Waals surface area (Å²) in [4.78, 5) is 31.0. The highest BCUT2D eigenvalue weighted by molar-refractivity contribution is 5.99. The molecule has 4 rings (SSSR count). The Labute approximate surface area is 187 Å². The smallest absolute Gasteiger partial charge is 0.290 e. The third-order valence-electron chi connectivity index (χ3n) is 6.16. The Morgan fingerprint density at radius 3 is 2.25 bits per heavy atom. The summed E-state index contributed by atoms with van der Waals surface area (Å²) in [6.07, 6.45) is 0. The summed E-state index contributed by atoms with van der Waals surface area (Å²) in [5.41, 5.74) is 1.39. The first-order valence-electron chi connectivity index (χ1n) is 10.8. The van der Waals surface area contributed by atoms with Crippen LogP contribution in [0.1, 0.15) is 41.6 Å². The fourth-order valence-corrected chi connectivity index (χ4v) is 4.28. The summed E-state index contributed by atoms with van der Waals surface area (Å²) in [6, 6.07) is 12.0. The molecule has 1 aromatic heterocycles. The number of ether oxygens (including phenoxy) is 2. The van der Waals surface area contributed by atoms with Crippen LogP contribution in [0.5, 0.6) is 11.5 Å². The van der Waals surface area contributed by atoms with Crippen LogP contribution in [0.2, 0.25) is 0 Å². The summed E-state index contributed by atoms with van der Waals surface area (Å²) in [6.45, 7) is 7.16. The van der Waals surface area contributed by atoms with Gasteiger partial charge >= 0.3 is 0 Å². The van der Waals surface area contributed by atoms with E-state index in [0.29, 0.717) is 41.1 Å². The molecule has 0 unspecified atom stereocenters. The van der Waals surface area contributed by atoms with Crippen molar-refractivity contribution in [2.45, 2.75) is 19.9 Å². The predicted molar refractivity (Wildman–Crippen MR) is 123 cm³/mol. The standard InChI is InChI=1S/C25H28N2O5/c1-5-26(6-2)13-14-27-22(16-7-9-17(30-3)10-8-16)21-23(28)19-12-11-18(31-4)15-20(19)32-24(21)25(27)29/h7-12,15,22H,5-6,13-14H2,1-4H3/t22-/m0/s1. The zero-order valence-electron chi connectivity index (χ0n) is 18.9. The maximum Gasteiger partial charge on any atom is 0.290 e. The number of hydrogen-bond acceptors (Lipinski definition) is 6. The van der Waals surface area contributed by atoms with Crippen molar-refractivity contribution in [3.05, 3.63) is 69.6 Å². The zero-order chi connectivity index (χ0) is 22.8. The second-order valence-corrected chi connectivity index (χ2v) is 7.74. The fraction of sp³-hybridized carbons (Fsp3) is 0.360. The van der Waals surface area contributed by atoms with Gasteiger partial charge in [0, 0.05) is 19.2 Å². The second kappa shape index (κ2) is 9.04. The van der Waals surface area contributed by atoms with E-state index >= 15 is 0 Å². The lowest BCUT2D eigenvalue weighted by Gasteiger charge is -2.28. The molecular weight excluding hydrogens is 408 g/mol. The Bertz CT molecular complexity index is 1180. The van der Waals surface area contributed by atoms with Gasteiger partial charge in [0.15, 0.2) is 5.43 Å². The molecule has 7 nitrogen and oxygen atoms in total. The lowest BCUT2D eigenvalue weighted by atomic mass is 9.98. The number of amides is 1. The number of rotatable bonds is 8. The molecule has 0 fully saturated rings. The van der Waals surface area contributed by atoms with E-state index < -0.39 is 6.04 Å². The van der Waals surface area contributed by atoms with Crippen molar-refractivity contribution < 1.29 is 18.7 Å². The van der Waals surface area contributed by atoms with Gasteiger partial charge in [-0.15, -0.1) is 0 Å². The summed E-state index contributed by atoms with van der Waals surface area (Å²) in [7, 11) is 3.15. The molecular formula is C25H28N2O5. The van der Waals surface area contributed by atoms with Gasteiger partial charge in [0.25, 0.3) is 5.91 Å². The minimum atomic E-state index is -0.512. The topological polar surface area (TPSA) is 72.2 Å². The number of hydrogen-bond donors (Lipinski definition) is 0. The maximum atomic E-state index is 13.6. The SMILES string of the molecule is CCN(CC)CCN1C(=O)c2oc3cc(OC)ccc3c(=O)c2[C@@H]1c1ccc(OC)cc1. The van der Waals surface area contributed by atoms with Crippen LogP contribution < -0.4 is 14.9 Å². The van der Waals surface area contributed by atoms with Gasteiger partial charge in [-0.05, 0) is 42.9 Å². The van der Waals surface area contributed by atoms with Crippen LogP contribution in [-0.4, -0.2) is 56.1 Å². The summed E-state index contributed by atoms with van der Waals surface area (Å²) < 4.78 is 16.6. The molecule has 168 valence electrons. The molecule has 2 heterocycles. The van der Waals surface area contributed by atoms with Crippen molar-refractivity contribution in [1.29, 1.82) is 0 Å². The molecule has 0 aliphatic carbocycles. The van der Waals surface area contributed by atoms with Gasteiger partial charge in [0.05, 0.1) is 31.2 Å². The highest BCUT2D eigenvalue weighted by Gasteiger charge is 2.42. The molecule has 1 aliphatic rings. The number of carbonyl (C=O) groups excluding carboxylic acids is 1. The van der Waals surface area contributed by atoms with Crippen molar-refractivity contribution in [2.24, 2.45) is 0 Å². The van der Waals surface area contributed by atoms with Gasteiger partial charge < -0.3 is 23.7 Å². The highest BCUT2D eigenvalue weighted by Crippen LogP contribution is 2.38. The van der Waals surface area contributed by atoms with Gasteiger partial charge in [-0.3, -0.25) is 9.59 Å². The first-order valence-corrected chi connectivity index (χ1v) is 10.8. The molecule has 0 saturated heterocycles. The number of carbonyl (C=O) groups is 1. The molecule has 1 aliphatic heterocycles. The third kappa shape index (κ3) is 3.73. The van der Waals surface area contributed by atoms with Crippen LogP contribution >= 0.6 is 0 Å². The van der Waals surface area contributed by atoms with Gasteiger partial charge in [-0.25, -0.2) is 0 Å². The Hall–Kier alpha value is -3.32. The van der Waals surface area contributed by atoms with Gasteiger partial charge in [0.2, 0.25) is 5.76 Å². The molecule has 0 saturated carbocycles. The van der Waals surface area contributed by atoms with Crippen LogP contribution in [0.25, 0.3) is 11.0 Å². The highest BCUT2D eigenvalue weighted by atomic mass is 16.5. The van der Waals surface area contributed by atoms with Crippen LogP contribution in [0.15, 0.2) is 51.7 Å². The molecule has 32 heavy (non-hydrogen) atoms. The van der Waals surface area contributed by atoms with Gasteiger partial charge in [0.1, 0.15) is 17.1 Å². The number of likely N-dealkylation sites (N-methyl/N-ethyl adjacent to an activating group) is 1. The average molecular weight is 437 g/mol. The summed E-state index contributed by atoms with van der Waals surface area (Å²) in [5, 5.41) is 0.432. The van der Waals surface area contributed by atoms with E-state index in [2.05, 4.69) is 18.7 Å². The van der Waals surface area contributed by atoms with Crippen LogP contribution in [0, 0.1) is 0 Å². The molecule has 0 bridgehead atoms. The molecule has 1 amide bonds. The summed E-state index contributed by atoms with van der Waals surface area (Å²) in [5.74, 6) is 1.12. The minimum Gasteiger partial charge on any atom is -0.497 e. The van der Waals surface area contributed by atoms with Crippen LogP contribution in [-0.2, 0) is 0 Å². The van der Waals surface area contributed by atoms with E-state index in [1.807, 2.05) is 24.3 Å². The Balaban J connectivity index is 1.86. The van der Waals surface area contributed by atoms with Crippen LogP contribution in [0.4, 0.5) is 0 Å². The number of nitrogens with zero attached hydrogens (tertiary/aromatic N) is 2. The van der Waals surface area contributed by atoms with Crippen molar-refractivity contribution in [3.8, 4) is 11.5 Å². The fourth-order valence-electron chi connectivity index (χ4n) is 4.28. The monoisotopic (exact) mass is 436 g/mol. The third-order valence-corrected chi connectivity index (χ3v) is 6.16. The molecule has 7 heteroatoms. The molecule has 1 atom stereocenters. The Morgan fingerprint density at radius 1 is 0.969 bits per heavy atom. The number of methoxy groups -OCH3 is 2. The summed E-state index contributed by atoms with van der Waals surface area (Å²) >= 11 is 0. The van der Waals surface area contributed by atoms with E-state index in [-0.39, 0.29) is 17.1 Å². The molecule has 0 spiro atoms. The lowest BCUT2D eigenvalue weighted by Crippen LogP contribution is -2.37. The quantitative estimate of drug-likeness (QED) is 0.536. The predicted octanol–water partition coefficient (Wildman–Crippen LogP) is 3.70. The zero-order valence-corrected chi connectivity index (χ0v) is 18.9. The van der Waals surface area contributed by atoms with E-state index in [9.17, 15) is 9.59 Å². The van der Waals surface area contributed by atoms with E-state index in [1.54, 1.807) is 37.3 Å². The van der Waals surface area contributed by atoms with Crippen molar-refractivity contribution in [1.82, 2.24) is 9.80 Å². The molecule has 2 aromatic carbocycles. The number of fused-ring (bicyclic) bond motifs is 2. The Morgan fingerprint density at radius 2 is 1.62 bits per heavy atom. The van der Waals surface area contributed by atoms with Gasteiger partial charge in [-0.2, -0.15) is 0 Å². The second-order valence-electron chi connectivity index (χ2n) is 7.74. The molecule has 3 aromatic rings. The lowest BCUT2D eigenvalue weighted by molar-refractivity contribution is 0.0708. The Kier molecular flexibility index (Phi) is 6.19. The van der Waals surface area contributed by atoms with Crippen molar-refractivity contribution in [2.75, 3.05) is 40.4 Å². The van der Waals surface area contributed by atoms with E-state index in [1.165, 1.54) is 0 Å².